The van der Waals surface area contributed by atoms with Crippen LogP contribution in [0.2, 0.25) is 0 Å². The molecular formula is C11H12O3. The smallest absolute Gasteiger partial charge is 0.306 e. The number of esters is 1. The quantitative estimate of drug-likeness (QED) is 0.551. The second-order valence-corrected chi connectivity index (χ2v) is 3.15. The largest absolute Gasteiger partial charge is 0.466 e. The van der Waals surface area contributed by atoms with Crippen molar-refractivity contribution in [3.8, 4) is 11.5 Å². The minimum atomic E-state index is -0.147. The zero-order chi connectivity index (χ0) is 9.97. The van der Waals surface area contributed by atoms with E-state index in [2.05, 4.69) is 0 Å². The number of carbonyl (C=O) groups is 1. The maximum Gasteiger partial charge on any atom is 0.306 e. The van der Waals surface area contributed by atoms with Crippen LogP contribution in [0, 0.1) is 0 Å². The first-order chi connectivity index (χ1) is 6.81. The second-order valence-electron chi connectivity index (χ2n) is 3.15. The van der Waals surface area contributed by atoms with Gasteiger partial charge in [-0.2, -0.15) is 0 Å². The molecule has 0 atom stereocenters. The molecule has 1 aliphatic heterocycles. The molecule has 0 radical (unpaired) electrons. The fourth-order valence-corrected chi connectivity index (χ4v) is 1.41. The summed E-state index contributed by atoms with van der Waals surface area (Å²) < 4.78 is 10.0. The van der Waals surface area contributed by atoms with Crippen molar-refractivity contribution in [3.63, 3.8) is 0 Å². The highest BCUT2D eigenvalue weighted by Gasteiger charge is 2.23. The Bertz CT molecular complexity index is 358. The van der Waals surface area contributed by atoms with Gasteiger partial charge >= 0.3 is 5.97 Å². The van der Waals surface area contributed by atoms with Crippen LogP contribution in [0.5, 0.6) is 11.5 Å². The molecule has 0 bridgehead atoms. The van der Waals surface area contributed by atoms with Crippen LogP contribution in [0.15, 0.2) is 18.2 Å². The van der Waals surface area contributed by atoms with Crippen molar-refractivity contribution in [2.45, 2.75) is 19.8 Å². The van der Waals surface area contributed by atoms with Gasteiger partial charge in [-0.15, -0.1) is 0 Å². The van der Waals surface area contributed by atoms with E-state index in [0.29, 0.717) is 19.4 Å². The van der Waals surface area contributed by atoms with Crippen molar-refractivity contribution in [1.29, 1.82) is 0 Å². The maximum atomic E-state index is 11.1. The topological polar surface area (TPSA) is 38.8 Å². The van der Waals surface area contributed by atoms with Crippen molar-refractivity contribution in [2.24, 2.45) is 0 Å². The van der Waals surface area contributed by atoms with Crippen molar-refractivity contribution >= 4 is 5.97 Å². The molecule has 14 heavy (non-hydrogen) atoms. The molecule has 0 unspecified atom stereocenters. The third-order valence-corrected chi connectivity index (χ3v) is 2.13. The van der Waals surface area contributed by atoms with Gasteiger partial charge in [-0.3, -0.25) is 4.79 Å². The van der Waals surface area contributed by atoms with Gasteiger partial charge in [0.15, 0.2) is 11.5 Å². The molecule has 74 valence electrons. The summed E-state index contributed by atoms with van der Waals surface area (Å²) in [4.78, 5) is 11.1. The number of hydrogen-bond donors (Lipinski definition) is 0. The van der Waals surface area contributed by atoms with E-state index in [9.17, 15) is 4.79 Å². The first-order valence-electron chi connectivity index (χ1n) is 4.76. The Morgan fingerprint density at radius 2 is 2.36 bits per heavy atom. The number of ether oxygens (including phenoxy) is 2. The number of para-hydroxylation sites is 1. The van der Waals surface area contributed by atoms with Gasteiger partial charge in [0.1, 0.15) is 0 Å². The number of hydrogen-bond acceptors (Lipinski definition) is 3. The van der Waals surface area contributed by atoms with E-state index in [-0.39, 0.29) is 5.97 Å². The molecule has 1 aromatic rings. The molecule has 3 heteroatoms. The fraction of sp³-hybridized carbons (Fsp3) is 0.364. The van der Waals surface area contributed by atoms with Gasteiger partial charge < -0.3 is 9.47 Å². The van der Waals surface area contributed by atoms with Gasteiger partial charge in [0.05, 0.1) is 6.61 Å². The molecule has 0 spiro atoms. The lowest BCUT2D eigenvalue weighted by Gasteiger charge is -2.00. The van der Waals surface area contributed by atoms with Crippen LogP contribution in [0.25, 0.3) is 0 Å². The maximum absolute atomic E-state index is 11.1. The highest BCUT2D eigenvalue weighted by molar-refractivity contribution is 5.70. The zero-order valence-electron chi connectivity index (χ0n) is 8.08. The van der Waals surface area contributed by atoms with Crippen LogP contribution in [-0.4, -0.2) is 12.6 Å². The molecule has 0 amide bonds. The van der Waals surface area contributed by atoms with Crippen LogP contribution in [0.1, 0.15) is 18.9 Å². The van der Waals surface area contributed by atoms with E-state index < -0.39 is 0 Å². The Balaban J connectivity index is 1.88. The summed E-state index contributed by atoms with van der Waals surface area (Å²) in [7, 11) is 0. The Morgan fingerprint density at radius 1 is 1.50 bits per heavy atom. The summed E-state index contributed by atoms with van der Waals surface area (Å²) in [5, 5.41) is 0. The molecule has 0 saturated carbocycles. The molecule has 1 aliphatic rings. The third kappa shape index (κ3) is 1.87. The lowest BCUT2D eigenvalue weighted by Crippen LogP contribution is -2.04. The minimum absolute atomic E-state index is 0.147. The highest BCUT2D eigenvalue weighted by atomic mass is 16.6. The average Bonchev–Trinajstić information content (AvgIpc) is 2.94. The summed E-state index contributed by atoms with van der Waals surface area (Å²) in [6.45, 7) is 2.26. The average molecular weight is 192 g/mol. The Kier molecular flexibility index (Phi) is 2.39. The lowest BCUT2D eigenvalue weighted by molar-refractivity contribution is -0.143. The molecule has 0 aliphatic carbocycles. The van der Waals surface area contributed by atoms with Crippen molar-refractivity contribution in [1.82, 2.24) is 0 Å². The number of fused-ring (bicyclic) bond motifs is 1. The van der Waals surface area contributed by atoms with E-state index in [1.54, 1.807) is 0 Å². The molecule has 0 aromatic heterocycles. The first kappa shape index (κ1) is 9.06. The van der Waals surface area contributed by atoms with Crippen molar-refractivity contribution < 1.29 is 14.3 Å². The number of benzene rings is 1. The van der Waals surface area contributed by atoms with Gasteiger partial charge in [0.2, 0.25) is 0 Å². The summed E-state index contributed by atoms with van der Waals surface area (Å²) >= 11 is 0. The van der Waals surface area contributed by atoms with Crippen molar-refractivity contribution in [3.05, 3.63) is 23.8 Å². The Hall–Kier alpha value is -1.51. The van der Waals surface area contributed by atoms with E-state index >= 15 is 0 Å². The predicted molar refractivity (Wildman–Crippen MR) is 51.5 cm³/mol. The van der Waals surface area contributed by atoms with Crippen LogP contribution in [0.3, 0.4) is 0 Å². The normalized spacial score (nSPS) is 11.5. The van der Waals surface area contributed by atoms with Gasteiger partial charge in [-0.1, -0.05) is 12.1 Å². The van der Waals surface area contributed by atoms with E-state index in [1.807, 2.05) is 25.1 Å². The Morgan fingerprint density at radius 3 is 3.14 bits per heavy atom. The summed E-state index contributed by atoms with van der Waals surface area (Å²) in [6, 6.07) is 5.83. The zero-order valence-corrected chi connectivity index (χ0v) is 8.08. The van der Waals surface area contributed by atoms with Crippen LogP contribution >= 0.6 is 0 Å². The molecule has 0 fully saturated rings. The summed E-state index contributed by atoms with van der Waals surface area (Å²) in [6.07, 6.45) is 1.12. The number of carbonyl (C=O) groups excluding carboxylic acids is 1. The van der Waals surface area contributed by atoms with Crippen LogP contribution in [-0.2, 0) is 16.0 Å². The van der Waals surface area contributed by atoms with E-state index in [4.69, 9.17) is 9.47 Å². The monoisotopic (exact) mass is 192 g/mol. The van der Waals surface area contributed by atoms with E-state index in [1.165, 1.54) is 0 Å². The standard InChI is InChI=1S/C11H12O3/c1-2-13-10(12)7-6-8-4-3-5-9-11(8)14-9/h3-5H,2,6-7H2,1H3. The molecular weight excluding hydrogens is 180 g/mol. The van der Waals surface area contributed by atoms with Crippen molar-refractivity contribution in [2.75, 3.05) is 6.61 Å². The Labute approximate surface area is 82.6 Å². The summed E-state index contributed by atoms with van der Waals surface area (Å²) in [5.74, 6) is 1.73. The predicted octanol–water partition coefficient (Wildman–Crippen LogP) is 2.29. The molecule has 3 nitrogen and oxygen atoms in total. The van der Waals surface area contributed by atoms with Gasteiger partial charge in [-0.05, 0) is 25.0 Å². The molecule has 0 N–H and O–H groups in total. The lowest BCUT2D eigenvalue weighted by atomic mass is 10.1. The SMILES string of the molecule is CCOC(=O)CCc1cccc2c1O2. The fourth-order valence-electron chi connectivity index (χ4n) is 1.41. The van der Waals surface area contributed by atoms with E-state index in [0.717, 1.165) is 17.1 Å². The highest BCUT2D eigenvalue weighted by Crippen LogP contribution is 2.48. The summed E-state index contributed by atoms with van der Waals surface area (Å²) in [5.41, 5.74) is 1.09. The van der Waals surface area contributed by atoms with Crippen LogP contribution < -0.4 is 4.74 Å². The van der Waals surface area contributed by atoms with Crippen LogP contribution in [0.4, 0.5) is 0 Å². The van der Waals surface area contributed by atoms with Gasteiger partial charge in [0, 0.05) is 6.42 Å². The second kappa shape index (κ2) is 3.70. The molecule has 1 heterocycles. The minimum Gasteiger partial charge on any atom is -0.466 e. The number of rotatable bonds is 4. The van der Waals surface area contributed by atoms with Gasteiger partial charge in [-0.25, -0.2) is 0 Å². The van der Waals surface area contributed by atoms with Gasteiger partial charge in [0.25, 0.3) is 0 Å². The molecule has 0 saturated heterocycles. The first-order valence-corrected chi connectivity index (χ1v) is 4.76. The third-order valence-electron chi connectivity index (χ3n) is 2.13. The molecule has 2 rings (SSSR count). The number of aryl methyl sites for hydroxylation is 1. The molecule has 1 aromatic carbocycles.